The second kappa shape index (κ2) is 8.72. The molecule has 6 nitrogen and oxygen atoms in total. The summed E-state index contributed by atoms with van der Waals surface area (Å²) < 4.78 is 2.81. The number of halogens is 2. The molecule has 4 N–H and O–H groups in total. The van der Waals surface area contributed by atoms with Crippen LogP contribution in [0.3, 0.4) is 0 Å². The molecular formula is C23H20Br2N2O4. The number of aromatic nitrogens is 2. The molecule has 0 bridgehead atoms. The fraction of sp³-hybridized carbons (Fsp3) is 0.130. The maximum Gasteiger partial charge on any atom is 0.202 e. The third-order valence-electron chi connectivity index (χ3n) is 5.20. The molecule has 2 heterocycles. The standard InChI is InChI=1S/C23H20Br2N2O4/c24-12-16-10-20(28)26(22(16)30)18-7-3-1-5-14(18)9-15-6-2-4-8-19(15)27-21(29)11-17(13-25)23(27)31/h1-8,10-11,28-31H,9,12-13H2. The topological polar surface area (TPSA) is 90.8 Å². The minimum atomic E-state index is -0.0599. The Kier molecular flexibility index (Phi) is 6.02. The Labute approximate surface area is 195 Å². The molecule has 0 spiro atoms. The van der Waals surface area contributed by atoms with E-state index in [4.69, 9.17) is 0 Å². The minimum absolute atomic E-state index is 0.0298. The third kappa shape index (κ3) is 3.81. The molecule has 4 rings (SSSR count). The van der Waals surface area contributed by atoms with E-state index in [2.05, 4.69) is 31.9 Å². The lowest BCUT2D eigenvalue weighted by atomic mass is 10.0. The first-order chi connectivity index (χ1) is 15.0. The maximum absolute atomic E-state index is 10.6. The van der Waals surface area contributed by atoms with Crippen molar-refractivity contribution < 1.29 is 20.4 Å². The Morgan fingerprint density at radius 2 is 0.968 bits per heavy atom. The van der Waals surface area contributed by atoms with Crippen molar-refractivity contribution in [3.63, 3.8) is 0 Å². The predicted octanol–water partition coefficient (Wildman–Crippen LogP) is 5.47. The molecule has 0 aliphatic carbocycles. The summed E-state index contributed by atoms with van der Waals surface area (Å²) in [7, 11) is 0. The van der Waals surface area contributed by atoms with Gasteiger partial charge in [0.15, 0.2) is 11.8 Å². The third-order valence-corrected chi connectivity index (χ3v) is 6.40. The molecule has 0 aliphatic heterocycles. The fourth-order valence-corrected chi connectivity index (χ4v) is 4.53. The molecule has 0 saturated carbocycles. The van der Waals surface area contributed by atoms with Gasteiger partial charge in [-0.2, -0.15) is 0 Å². The van der Waals surface area contributed by atoms with Gasteiger partial charge in [0.05, 0.1) is 11.4 Å². The summed E-state index contributed by atoms with van der Waals surface area (Å²) in [6.07, 6.45) is 0.438. The van der Waals surface area contributed by atoms with Crippen LogP contribution in [0.2, 0.25) is 0 Å². The molecule has 0 atom stereocenters. The van der Waals surface area contributed by atoms with E-state index in [9.17, 15) is 20.4 Å². The summed E-state index contributed by atoms with van der Waals surface area (Å²) in [6, 6.07) is 18.0. The van der Waals surface area contributed by atoms with Crippen molar-refractivity contribution in [2.24, 2.45) is 0 Å². The molecule has 31 heavy (non-hydrogen) atoms. The van der Waals surface area contributed by atoms with Crippen LogP contribution in [-0.2, 0) is 17.1 Å². The van der Waals surface area contributed by atoms with Crippen molar-refractivity contribution in [2.75, 3.05) is 0 Å². The van der Waals surface area contributed by atoms with Crippen molar-refractivity contribution in [3.8, 4) is 34.9 Å². The van der Waals surface area contributed by atoms with E-state index < -0.39 is 0 Å². The zero-order valence-electron chi connectivity index (χ0n) is 16.3. The van der Waals surface area contributed by atoms with Gasteiger partial charge in [0.25, 0.3) is 0 Å². The van der Waals surface area contributed by atoms with Crippen LogP contribution in [0.1, 0.15) is 22.3 Å². The van der Waals surface area contributed by atoms with Crippen molar-refractivity contribution >= 4 is 31.9 Å². The van der Waals surface area contributed by atoms with Crippen molar-refractivity contribution in [1.82, 2.24) is 9.13 Å². The maximum atomic E-state index is 10.6. The highest BCUT2D eigenvalue weighted by Crippen LogP contribution is 2.37. The van der Waals surface area contributed by atoms with Crippen LogP contribution in [0.15, 0.2) is 60.7 Å². The van der Waals surface area contributed by atoms with Gasteiger partial charge in [-0.05, 0) is 23.3 Å². The smallest absolute Gasteiger partial charge is 0.202 e. The van der Waals surface area contributed by atoms with Crippen molar-refractivity contribution in [1.29, 1.82) is 0 Å². The number of para-hydroxylation sites is 2. The lowest BCUT2D eigenvalue weighted by Gasteiger charge is -2.16. The number of aromatic hydroxyl groups is 4. The van der Waals surface area contributed by atoms with Crippen molar-refractivity contribution in [3.05, 3.63) is 82.9 Å². The number of hydrogen-bond acceptors (Lipinski definition) is 4. The average molecular weight is 548 g/mol. The zero-order valence-corrected chi connectivity index (χ0v) is 19.5. The van der Waals surface area contributed by atoms with Crippen LogP contribution < -0.4 is 0 Å². The molecule has 0 amide bonds. The first-order valence-corrected chi connectivity index (χ1v) is 11.7. The lowest BCUT2D eigenvalue weighted by Crippen LogP contribution is -2.03. The van der Waals surface area contributed by atoms with Gasteiger partial charge >= 0.3 is 0 Å². The van der Waals surface area contributed by atoms with Crippen LogP contribution in [0, 0.1) is 0 Å². The first-order valence-electron chi connectivity index (χ1n) is 9.49. The van der Waals surface area contributed by atoms with E-state index >= 15 is 0 Å². The van der Waals surface area contributed by atoms with E-state index in [-0.39, 0.29) is 23.5 Å². The summed E-state index contributed by atoms with van der Waals surface area (Å²) in [5, 5.41) is 42.9. The molecule has 0 radical (unpaired) electrons. The Bertz CT molecular complexity index is 1150. The van der Waals surface area contributed by atoms with E-state index in [1.165, 1.54) is 21.3 Å². The van der Waals surface area contributed by atoms with Crippen LogP contribution in [0.25, 0.3) is 11.4 Å². The molecule has 4 aromatic rings. The predicted molar refractivity (Wildman–Crippen MR) is 126 cm³/mol. The van der Waals surface area contributed by atoms with Gasteiger partial charge in [0.1, 0.15) is 0 Å². The summed E-state index contributed by atoms with van der Waals surface area (Å²) in [5.74, 6) is -0.179. The van der Waals surface area contributed by atoms with Crippen LogP contribution in [-0.4, -0.2) is 29.6 Å². The Morgan fingerprint density at radius 3 is 1.32 bits per heavy atom. The summed E-state index contributed by atoms with van der Waals surface area (Å²) in [5.41, 5.74) is 4.14. The number of hydrogen-bond donors (Lipinski definition) is 4. The van der Waals surface area contributed by atoms with E-state index in [0.29, 0.717) is 39.6 Å². The fourth-order valence-electron chi connectivity index (χ4n) is 3.71. The minimum Gasteiger partial charge on any atom is -0.494 e. The highest BCUT2D eigenvalue weighted by atomic mass is 79.9. The summed E-state index contributed by atoms with van der Waals surface area (Å²) >= 11 is 6.64. The van der Waals surface area contributed by atoms with Gasteiger partial charge in [0, 0.05) is 40.3 Å². The number of alkyl halides is 2. The Morgan fingerprint density at radius 1 is 0.581 bits per heavy atom. The van der Waals surface area contributed by atoms with Gasteiger partial charge in [-0.25, -0.2) is 0 Å². The number of benzene rings is 2. The monoisotopic (exact) mass is 546 g/mol. The van der Waals surface area contributed by atoms with E-state index in [1.807, 2.05) is 48.5 Å². The van der Waals surface area contributed by atoms with Gasteiger partial charge in [0.2, 0.25) is 11.8 Å². The SMILES string of the molecule is Oc1cc(CBr)c(O)n1-c1ccccc1Cc1ccccc1-n1c(O)cc(CBr)c1O. The molecule has 2 aromatic heterocycles. The molecule has 8 heteroatoms. The van der Waals surface area contributed by atoms with E-state index in [0.717, 1.165) is 11.1 Å². The number of nitrogens with zero attached hydrogens (tertiary/aromatic N) is 2. The first kappa shape index (κ1) is 21.4. The molecule has 0 saturated heterocycles. The van der Waals surface area contributed by atoms with E-state index in [1.54, 1.807) is 0 Å². The van der Waals surface area contributed by atoms with Gasteiger partial charge < -0.3 is 20.4 Å². The summed E-state index contributed by atoms with van der Waals surface area (Å²) in [4.78, 5) is 0. The molecule has 160 valence electrons. The Hall–Kier alpha value is -2.84. The Balaban J connectivity index is 1.82. The second-order valence-electron chi connectivity index (χ2n) is 7.08. The largest absolute Gasteiger partial charge is 0.494 e. The number of rotatable bonds is 6. The van der Waals surface area contributed by atoms with Crippen LogP contribution in [0.4, 0.5) is 0 Å². The zero-order chi connectivity index (χ0) is 22.1. The molecule has 0 aliphatic rings. The van der Waals surface area contributed by atoms with Gasteiger partial charge in [-0.15, -0.1) is 0 Å². The normalized spacial score (nSPS) is 11.2. The van der Waals surface area contributed by atoms with Crippen molar-refractivity contribution in [2.45, 2.75) is 17.1 Å². The molecular weight excluding hydrogens is 528 g/mol. The molecule has 0 unspecified atom stereocenters. The average Bonchev–Trinajstić information content (AvgIpc) is 3.22. The highest BCUT2D eigenvalue weighted by molar-refractivity contribution is 9.08. The lowest BCUT2D eigenvalue weighted by molar-refractivity contribution is 0.400. The second-order valence-corrected chi connectivity index (χ2v) is 8.20. The quantitative estimate of drug-likeness (QED) is 0.241. The summed E-state index contributed by atoms with van der Waals surface area (Å²) in [6.45, 7) is 0. The molecule has 2 aromatic carbocycles. The van der Waals surface area contributed by atoms with Gasteiger partial charge in [-0.1, -0.05) is 68.3 Å². The molecule has 0 fully saturated rings. The highest BCUT2D eigenvalue weighted by Gasteiger charge is 2.20. The van der Waals surface area contributed by atoms with Crippen LogP contribution in [0.5, 0.6) is 23.5 Å². The van der Waals surface area contributed by atoms with Gasteiger partial charge in [-0.3, -0.25) is 9.13 Å². The van der Waals surface area contributed by atoms with Crippen LogP contribution >= 0.6 is 31.9 Å².